The molecule has 1 aromatic carbocycles. The zero-order valence-corrected chi connectivity index (χ0v) is 12.5. The molecule has 0 atom stereocenters. The van der Waals surface area contributed by atoms with Gasteiger partial charge in [0.15, 0.2) is 5.82 Å². The van der Waals surface area contributed by atoms with Gasteiger partial charge < -0.3 is 14.9 Å². The second-order valence-corrected chi connectivity index (χ2v) is 5.65. The summed E-state index contributed by atoms with van der Waals surface area (Å²) in [5.41, 5.74) is 1.99. The first-order valence-electron chi connectivity index (χ1n) is 7.32. The number of carboxylic acids is 1. The molecule has 3 heterocycles. The van der Waals surface area contributed by atoms with E-state index in [2.05, 4.69) is 37.4 Å². The molecule has 9 heteroatoms. The highest BCUT2D eigenvalue weighted by molar-refractivity contribution is 5.93. The van der Waals surface area contributed by atoms with Crippen molar-refractivity contribution in [3.63, 3.8) is 0 Å². The SMILES string of the molecule is CN1CCN(c2nc3ccc(C(=O)O)cc3n3nnnc23)CC1. The van der Waals surface area contributed by atoms with Gasteiger partial charge in [-0.1, -0.05) is 0 Å². The van der Waals surface area contributed by atoms with Crippen molar-refractivity contribution in [3.8, 4) is 0 Å². The number of aromatic nitrogens is 5. The molecule has 0 aliphatic carbocycles. The van der Waals surface area contributed by atoms with E-state index in [0.717, 1.165) is 32.0 Å². The summed E-state index contributed by atoms with van der Waals surface area (Å²) in [6.45, 7) is 3.60. The Bertz CT molecular complexity index is 899. The summed E-state index contributed by atoms with van der Waals surface area (Å²) in [7, 11) is 2.09. The molecule has 9 nitrogen and oxygen atoms in total. The average molecular weight is 313 g/mol. The Morgan fingerprint density at radius 2 is 2.00 bits per heavy atom. The lowest BCUT2D eigenvalue weighted by atomic mass is 10.2. The normalized spacial score (nSPS) is 16.3. The molecular formula is C14H15N7O2. The minimum Gasteiger partial charge on any atom is -0.478 e. The molecule has 1 aliphatic heterocycles. The van der Waals surface area contributed by atoms with Gasteiger partial charge in [0.1, 0.15) is 0 Å². The number of fused-ring (bicyclic) bond motifs is 3. The van der Waals surface area contributed by atoms with Crippen molar-refractivity contribution in [2.75, 3.05) is 38.1 Å². The standard InChI is InChI=1S/C14H15N7O2/c1-19-4-6-20(7-5-19)12-13-16-17-18-21(13)11-8-9(14(22)23)2-3-10(11)15-12/h2-3,8H,4-7H2,1H3,(H,22,23). The Morgan fingerprint density at radius 1 is 1.22 bits per heavy atom. The van der Waals surface area contributed by atoms with Crippen LogP contribution in [0.25, 0.3) is 16.7 Å². The van der Waals surface area contributed by atoms with Crippen molar-refractivity contribution in [3.05, 3.63) is 23.8 Å². The van der Waals surface area contributed by atoms with Crippen LogP contribution >= 0.6 is 0 Å². The third kappa shape index (κ3) is 2.25. The summed E-state index contributed by atoms with van der Waals surface area (Å²) in [6.07, 6.45) is 0. The second-order valence-electron chi connectivity index (χ2n) is 5.65. The van der Waals surface area contributed by atoms with Gasteiger partial charge in [-0.05, 0) is 35.7 Å². The number of hydrogen-bond donors (Lipinski definition) is 1. The molecule has 0 spiro atoms. The highest BCUT2D eigenvalue weighted by Crippen LogP contribution is 2.24. The Hall–Kier alpha value is -2.81. The third-order valence-electron chi connectivity index (χ3n) is 4.15. The van der Waals surface area contributed by atoms with Crippen LogP contribution in [0.2, 0.25) is 0 Å². The van der Waals surface area contributed by atoms with Crippen LogP contribution < -0.4 is 4.90 Å². The Morgan fingerprint density at radius 3 is 2.74 bits per heavy atom. The Kier molecular flexibility index (Phi) is 3.08. The van der Waals surface area contributed by atoms with E-state index in [0.29, 0.717) is 16.7 Å². The highest BCUT2D eigenvalue weighted by Gasteiger charge is 2.21. The fraction of sp³-hybridized carbons (Fsp3) is 0.357. The van der Waals surface area contributed by atoms with Gasteiger partial charge in [0, 0.05) is 26.2 Å². The number of carbonyl (C=O) groups is 1. The third-order valence-corrected chi connectivity index (χ3v) is 4.15. The summed E-state index contributed by atoms with van der Waals surface area (Å²) in [6, 6.07) is 4.78. The summed E-state index contributed by atoms with van der Waals surface area (Å²) < 4.78 is 1.56. The number of nitrogens with zero attached hydrogens (tertiary/aromatic N) is 7. The van der Waals surface area contributed by atoms with E-state index in [4.69, 9.17) is 5.11 Å². The number of tetrazole rings is 1. The lowest BCUT2D eigenvalue weighted by Gasteiger charge is -2.33. The van der Waals surface area contributed by atoms with Crippen LogP contribution in [0.3, 0.4) is 0 Å². The van der Waals surface area contributed by atoms with E-state index in [9.17, 15) is 4.79 Å². The zero-order valence-electron chi connectivity index (χ0n) is 12.5. The van der Waals surface area contributed by atoms with Crippen molar-refractivity contribution in [2.24, 2.45) is 0 Å². The predicted molar refractivity (Wildman–Crippen MR) is 82.8 cm³/mol. The number of carboxylic acid groups (broad SMARTS) is 1. The van der Waals surface area contributed by atoms with Crippen LogP contribution in [0.1, 0.15) is 10.4 Å². The maximum absolute atomic E-state index is 11.2. The first-order chi connectivity index (χ1) is 11.1. The molecule has 1 saturated heterocycles. The number of benzene rings is 1. The zero-order chi connectivity index (χ0) is 16.0. The van der Waals surface area contributed by atoms with Gasteiger partial charge in [-0.2, -0.15) is 4.52 Å². The van der Waals surface area contributed by atoms with Gasteiger partial charge in [-0.25, -0.2) is 9.78 Å². The van der Waals surface area contributed by atoms with E-state index < -0.39 is 5.97 Å². The monoisotopic (exact) mass is 313 g/mol. The number of anilines is 1. The molecular weight excluding hydrogens is 298 g/mol. The molecule has 23 heavy (non-hydrogen) atoms. The average Bonchev–Trinajstić information content (AvgIpc) is 3.04. The minimum atomic E-state index is -0.990. The predicted octanol–water partition coefficient (Wildman–Crippen LogP) is 0.122. The van der Waals surface area contributed by atoms with Crippen molar-refractivity contribution in [2.45, 2.75) is 0 Å². The molecule has 1 fully saturated rings. The van der Waals surface area contributed by atoms with Crippen molar-refractivity contribution in [1.82, 2.24) is 29.9 Å². The molecule has 0 radical (unpaired) electrons. The van der Waals surface area contributed by atoms with E-state index in [-0.39, 0.29) is 5.56 Å². The molecule has 0 saturated carbocycles. The molecule has 0 bridgehead atoms. The van der Waals surface area contributed by atoms with Gasteiger partial charge in [0.05, 0.1) is 16.6 Å². The van der Waals surface area contributed by atoms with Crippen LogP contribution in [-0.4, -0.2) is 74.2 Å². The maximum atomic E-state index is 11.2. The smallest absolute Gasteiger partial charge is 0.335 e. The van der Waals surface area contributed by atoms with Crippen molar-refractivity contribution >= 4 is 28.5 Å². The van der Waals surface area contributed by atoms with Gasteiger partial charge in [-0.3, -0.25) is 0 Å². The highest BCUT2D eigenvalue weighted by atomic mass is 16.4. The van der Waals surface area contributed by atoms with Gasteiger partial charge >= 0.3 is 5.97 Å². The van der Waals surface area contributed by atoms with Crippen molar-refractivity contribution in [1.29, 1.82) is 0 Å². The first kappa shape index (κ1) is 13.8. The Balaban J connectivity index is 1.90. The van der Waals surface area contributed by atoms with Crippen LogP contribution in [0.15, 0.2) is 18.2 Å². The van der Waals surface area contributed by atoms with Gasteiger partial charge in [-0.15, -0.1) is 5.10 Å². The lowest BCUT2D eigenvalue weighted by molar-refractivity contribution is 0.0697. The molecule has 4 rings (SSSR count). The van der Waals surface area contributed by atoms with Gasteiger partial charge in [0.25, 0.3) is 0 Å². The molecule has 118 valence electrons. The quantitative estimate of drug-likeness (QED) is 0.712. The van der Waals surface area contributed by atoms with E-state index in [1.165, 1.54) is 0 Å². The first-order valence-corrected chi connectivity index (χ1v) is 7.32. The Labute approximate surface area is 131 Å². The molecule has 3 aromatic rings. The molecule has 0 unspecified atom stereocenters. The van der Waals surface area contributed by atoms with Crippen LogP contribution in [0, 0.1) is 0 Å². The summed E-state index contributed by atoms with van der Waals surface area (Å²) in [4.78, 5) is 20.3. The number of aromatic carboxylic acids is 1. The van der Waals surface area contributed by atoms with Gasteiger partial charge in [0.2, 0.25) is 5.65 Å². The van der Waals surface area contributed by atoms with E-state index >= 15 is 0 Å². The fourth-order valence-electron chi connectivity index (χ4n) is 2.80. The largest absolute Gasteiger partial charge is 0.478 e. The van der Waals surface area contributed by atoms with Crippen molar-refractivity contribution < 1.29 is 9.90 Å². The van der Waals surface area contributed by atoms with Crippen LogP contribution in [0.4, 0.5) is 5.82 Å². The summed E-state index contributed by atoms with van der Waals surface area (Å²) in [5.74, 6) is -0.255. The molecule has 0 amide bonds. The van der Waals surface area contributed by atoms with Crippen LogP contribution in [-0.2, 0) is 0 Å². The second kappa shape index (κ2) is 5.13. The number of likely N-dealkylation sites (N-methyl/N-ethyl adjacent to an activating group) is 1. The fourth-order valence-corrected chi connectivity index (χ4v) is 2.80. The van der Waals surface area contributed by atoms with E-state index in [1.54, 1.807) is 22.7 Å². The number of rotatable bonds is 2. The number of hydrogen-bond acceptors (Lipinski definition) is 7. The van der Waals surface area contributed by atoms with Crippen LogP contribution in [0.5, 0.6) is 0 Å². The topological polar surface area (TPSA) is 99.8 Å². The summed E-state index contributed by atoms with van der Waals surface area (Å²) >= 11 is 0. The molecule has 1 aliphatic rings. The number of piperazine rings is 1. The molecule has 2 aromatic heterocycles. The van der Waals surface area contributed by atoms with E-state index in [1.807, 2.05) is 0 Å². The molecule has 1 N–H and O–H groups in total. The minimum absolute atomic E-state index is 0.184. The lowest BCUT2D eigenvalue weighted by Crippen LogP contribution is -2.45. The maximum Gasteiger partial charge on any atom is 0.335 e. The summed E-state index contributed by atoms with van der Waals surface area (Å²) in [5, 5.41) is 21.0.